The predicted octanol–water partition coefficient (Wildman–Crippen LogP) is 1.38. The topological polar surface area (TPSA) is 32.3 Å². The molecule has 0 atom stereocenters. The zero-order valence-corrected chi connectivity index (χ0v) is 10.7. The molecule has 0 amide bonds. The van der Waals surface area contributed by atoms with E-state index in [0.717, 1.165) is 49.5 Å². The normalized spacial score (nSPS) is 18.3. The first-order valence-corrected chi connectivity index (χ1v) is 6.43. The highest BCUT2D eigenvalue weighted by Gasteiger charge is 2.14. The molecule has 2 aromatic rings. The minimum absolute atomic E-state index is 0.908. The van der Waals surface area contributed by atoms with Gasteiger partial charge < -0.3 is 4.90 Å². The molecule has 4 nitrogen and oxygen atoms in total. The van der Waals surface area contributed by atoms with Gasteiger partial charge in [0.15, 0.2) is 0 Å². The largest absolute Gasteiger partial charge is 0.304 e. The third-order valence-corrected chi connectivity index (χ3v) is 3.48. The average Bonchev–Trinajstić information content (AvgIpc) is 2.41. The van der Waals surface area contributed by atoms with Gasteiger partial charge in [-0.3, -0.25) is 9.88 Å². The number of hydrogen-bond acceptors (Lipinski definition) is 4. The Morgan fingerprint density at radius 2 is 1.78 bits per heavy atom. The van der Waals surface area contributed by atoms with E-state index in [-0.39, 0.29) is 0 Å². The molecule has 3 rings (SSSR count). The first-order valence-electron chi connectivity index (χ1n) is 6.43. The predicted molar refractivity (Wildman–Crippen MR) is 72.3 cm³/mol. The highest BCUT2D eigenvalue weighted by Crippen LogP contribution is 2.10. The Morgan fingerprint density at radius 1 is 1.06 bits per heavy atom. The van der Waals surface area contributed by atoms with Crippen LogP contribution in [0.5, 0.6) is 0 Å². The molecule has 1 aromatic carbocycles. The molecule has 0 saturated carbocycles. The lowest BCUT2D eigenvalue weighted by Crippen LogP contribution is -2.44. The molecule has 0 unspecified atom stereocenters. The second kappa shape index (κ2) is 5.00. The molecule has 94 valence electrons. The summed E-state index contributed by atoms with van der Waals surface area (Å²) in [4.78, 5) is 13.9. The van der Waals surface area contributed by atoms with Crippen molar-refractivity contribution in [1.29, 1.82) is 0 Å². The summed E-state index contributed by atoms with van der Waals surface area (Å²) in [5, 5.41) is 0. The van der Waals surface area contributed by atoms with Gasteiger partial charge in [-0.2, -0.15) is 0 Å². The highest BCUT2D eigenvalue weighted by molar-refractivity contribution is 5.73. The molecule has 1 aromatic heterocycles. The zero-order chi connectivity index (χ0) is 12.4. The van der Waals surface area contributed by atoms with Gasteiger partial charge in [-0.1, -0.05) is 12.1 Å². The lowest BCUT2D eigenvalue weighted by molar-refractivity contribution is 0.147. The lowest BCUT2D eigenvalue weighted by Gasteiger charge is -2.31. The van der Waals surface area contributed by atoms with Crippen LogP contribution in [0, 0.1) is 0 Å². The van der Waals surface area contributed by atoms with Crippen LogP contribution >= 0.6 is 0 Å². The van der Waals surface area contributed by atoms with Gasteiger partial charge in [0.1, 0.15) is 0 Å². The molecular weight excluding hydrogens is 224 g/mol. The Labute approximate surface area is 107 Å². The van der Waals surface area contributed by atoms with E-state index < -0.39 is 0 Å². The van der Waals surface area contributed by atoms with Crippen molar-refractivity contribution in [2.75, 3.05) is 33.2 Å². The molecule has 1 aliphatic rings. The maximum absolute atomic E-state index is 4.67. The molecule has 1 fully saturated rings. The molecule has 0 N–H and O–H groups in total. The quantitative estimate of drug-likeness (QED) is 0.796. The van der Waals surface area contributed by atoms with E-state index in [0.29, 0.717) is 0 Å². The highest BCUT2D eigenvalue weighted by atomic mass is 15.2. The van der Waals surface area contributed by atoms with Gasteiger partial charge in [0, 0.05) is 32.7 Å². The van der Waals surface area contributed by atoms with Crippen LogP contribution in [-0.4, -0.2) is 53.0 Å². The summed E-state index contributed by atoms with van der Waals surface area (Å²) in [5.74, 6) is 0. The van der Waals surface area contributed by atoms with Gasteiger partial charge in [0.2, 0.25) is 0 Å². The molecule has 0 spiro atoms. The van der Waals surface area contributed by atoms with Crippen LogP contribution in [0.3, 0.4) is 0 Å². The monoisotopic (exact) mass is 242 g/mol. The van der Waals surface area contributed by atoms with Crippen LogP contribution in [0.25, 0.3) is 11.0 Å². The Balaban J connectivity index is 1.74. The third kappa shape index (κ3) is 2.49. The molecule has 0 bridgehead atoms. The van der Waals surface area contributed by atoms with Gasteiger partial charge >= 0.3 is 0 Å². The summed E-state index contributed by atoms with van der Waals surface area (Å²) in [6.07, 6.45) is 1.90. The number of hydrogen-bond donors (Lipinski definition) is 0. The maximum atomic E-state index is 4.67. The number of benzene rings is 1. The van der Waals surface area contributed by atoms with E-state index in [1.54, 1.807) is 0 Å². The van der Waals surface area contributed by atoms with Crippen molar-refractivity contribution >= 4 is 11.0 Å². The van der Waals surface area contributed by atoms with Crippen LogP contribution in [0.15, 0.2) is 30.5 Å². The Morgan fingerprint density at radius 3 is 2.56 bits per heavy atom. The fourth-order valence-corrected chi connectivity index (χ4v) is 2.31. The minimum Gasteiger partial charge on any atom is -0.304 e. The summed E-state index contributed by atoms with van der Waals surface area (Å²) < 4.78 is 0. The molecular formula is C14H18N4. The van der Waals surface area contributed by atoms with Crippen molar-refractivity contribution < 1.29 is 0 Å². The Kier molecular flexibility index (Phi) is 3.21. The molecule has 0 radical (unpaired) electrons. The van der Waals surface area contributed by atoms with Gasteiger partial charge in [-0.15, -0.1) is 0 Å². The summed E-state index contributed by atoms with van der Waals surface area (Å²) in [5.41, 5.74) is 3.03. The summed E-state index contributed by atoms with van der Waals surface area (Å²) in [6, 6.07) is 8.03. The van der Waals surface area contributed by atoms with Crippen molar-refractivity contribution in [3.05, 3.63) is 36.2 Å². The van der Waals surface area contributed by atoms with Crippen LogP contribution in [-0.2, 0) is 6.54 Å². The van der Waals surface area contributed by atoms with E-state index in [9.17, 15) is 0 Å². The number of fused-ring (bicyclic) bond motifs is 1. The van der Waals surface area contributed by atoms with Crippen molar-refractivity contribution in [1.82, 2.24) is 19.8 Å². The van der Waals surface area contributed by atoms with E-state index in [1.807, 2.05) is 30.5 Å². The first kappa shape index (κ1) is 11.6. The first-order chi connectivity index (χ1) is 8.81. The van der Waals surface area contributed by atoms with E-state index in [4.69, 9.17) is 0 Å². The van der Waals surface area contributed by atoms with Crippen molar-refractivity contribution in [3.63, 3.8) is 0 Å². The lowest BCUT2D eigenvalue weighted by atomic mass is 10.2. The number of para-hydroxylation sites is 2. The molecule has 18 heavy (non-hydrogen) atoms. The second-order valence-corrected chi connectivity index (χ2v) is 4.93. The molecule has 1 saturated heterocycles. The van der Waals surface area contributed by atoms with Crippen molar-refractivity contribution in [3.8, 4) is 0 Å². The summed E-state index contributed by atoms with van der Waals surface area (Å²) in [6.45, 7) is 5.42. The van der Waals surface area contributed by atoms with E-state index in [2.05, 4.69) is 26.8 Å². The summed E-state index contributed by atoms with van der Waals surface area (Å²) >= 11 is 0. The van der Waals surface area contributed by atoms with E-state index in [1.165, 1.54) is 0 Å². The Hall–Kier alpha value is -1.52. The smallest absolute Gasteiger partial charge is 0.0890 e. The fourth-order valence-electron chi connectivity index (χ4n) is 2.31. The number of piperazine rings is 1. The average molecular weight is 242 g/mol. The number of nitrogens with zero attached hydrogens (tertiary/aromatic N) is 4. The van der Waals surface area contributed by atoms with Crippen LogP contribution in [0.4, 0.5) is 0 Å². The van der Waals surface area contributed by atoms with Gasteiger partial charge in [-0.05, 0) is 19.2 Å². The van der Waals surface area contributed by atoms with Crippen LogP contribution in [0.2, 0.25) is 0 Å². The Bertz CT molecular complexity index is 532. The standard InChI is InChI=1S/C14H18N4/c1-17-6-8-18(9-7-17)11-12-10-15-13-4-2-3-5-14(13)16-12/h2-5,10H,6-9,11H2,1H3. The van der Waals surface area contributed by atoms with E-state index >= 15 is 0 Å². The fraction of sp³-hybridized carbons (Fsp3) is 0.429. The third-order valence-electron chi connectivity index (χ3n) is 3.48. The zero-order valence-electron chi connectivity index (χ0n) is 10.7. The van der Waals surface area contributed by atoms with Crippen LogP contribution < -0.4 is 0 Å². The van der Waals surface area contributed by atoms with Crippen LogP contribution in [0.1, 0.15) is 5.69 Å². The molecule has 1 aliphatic heterocycles. The number of rotatable bonds is 2. The number of aromatic nitrogens is 2. The molecule has 4 heteroatoms. The second-order valence-electron chi connectivity index (χ2n) is 4.93. The van der Waals surface area contributed by atoms with Crippen molar-refractivity contribution in [2.45, 2.75) is 6.54 Å². The maximum Gasteiger partial charge on any atom is 0.0890 e. The number of likely N-dealkylation sites (N-methyl/N-ethyl adjacent to an activating group) is 1. The van der Waals surface area contributed by atoms with Gasteiger partial charge in [0.25, 0.3) is 0 Å². The van der Waals surface area contributed by atoms with Gasteiger partial charge in [0.05, 0.1) is 22.9 Å². The van der Waals surface area contributed by atoms with Gasteiger partial charge in [-0.25, -0.2) is 4.98 Å². The minimum atomic E-state index is 0.908. The SMILES string of the molecule is CN1CCN(Cc2cnc3ccccc3n2)CC1. The molecule has 0 aliphatic carbocycles. The summed E-state index contributed by atoms with van der Waals surface area (Å²) in [7, 11) is 2.17. The van der Waals surface area contributed by atoms with Crippen molar-refractivity contribution in [2.24, 2.45) is 0 Å². The molecule has 2 heterocycles.